The van der Waals surface area contributed by atoms with Gasteiger partial charge in [0.1, 0.15) is 23.4 Å². The summed E-state index contributed by atoms with van der Waals surface area (Å²) in [5.41, 5.74) is -2.03. The smallest absolute Gasteiger partial charge is 0.382 e. The first-order valence-corrected chi connectivity index (χ1v) is 12.4. The highest BCUT2D eigenvalue weighted by atomic mass is 19.4. The van der Waals surface area contributed by atoms with Crippen LogP contribution < -0.4 is 16.0 Å². The van der Waals surface area contributed by atoms with Crippen LogP contribution in [0.3, 0.4) is 0 Å². The van der Waals surface area contributed by atoms with E-state index in [4.69, 9.17) is 18.7 Å². The monoisotopic (exact) mass is 584 g/mol. The second kappa shape index (κ2) is 13.2. The molecule has 1 aromatic carbocycles. The SMILES string of the molecule is COCC(NC(=O)c1cc(C)on1)C(=O)N[C@@H](COC)C(=O)NC(Cc1cccc(C(F)(F)F)c1)C(=O)C1(C)CO1. The number of aromatic nitrogens is 1. The summed E-state index contributed by atoms with van der Waals surface area (Å²) in [6.07, 6.45) is -4.86. The molecule has 0 saturated carbocycles. The number of nitrogens with one attached hydrogen (secondary N) is 3. The molecule has 0 radical (unpaired) electrons. The number of rotatable bonds is 14. The number of hydrogen-bond donors (Lipinski definition) is 3. The molecule has 0 bridgehead atoms. The van der Waals surface area contributed by atoms with Crippen molar-refractivity contribution >= 4 is 23.5 Å². The van der Waals surface area contributed by atoms with Gasteiger partial charge in [0.25, 0.3) is 5.91 Å². The maximum Gasteiger partial charge on any atom is 0.416 e. The fraction of sp³-hybridized carbons (Fsp3) is 0.500. The summed E-state index contributed by atoms with van der Waals surface area (Å²) in [7, 11) is 2.58. The number of epoxide rings is 1. The number of aryl methyl sites for hydroxylation is 1. The number of nitrogens with zero attached hydrogens (tertiary/aromatic N) is 1. The zero-order valence-electron chi connectivity index (χ0n) is 22.8. The fourth-order valence-corrected chi connectivity index (χ4v) is 3.89. The number of Topliss-reactive ketones (excluding diaryl/α,β-unsaturated/α-hetero) is 1. The third-order valence-corrected chi connectivity index (χ3v) is 6.21. The van der Waals surface area contributed by atoms with Gasteiger partial charge in [-0.3, -0.25) is 19.2 Å². The molecule has 1 aromatic heterocycles. The molecular formula is C26H31F3N4O8. The number of hydrogen-bond acceptors (Lipinski definition) is 9. The van der Waals surface area contributed by atoms with Crippen molar-refractivity contribution < 1.29 is 51.1 Å². The summed E-state index contributed by atoms with van der Waals surface area (Å²) >= 11 is 0. The van der Waals surface area contributed by atoms with E-state index in [0.29, 0.717) is 5.76 Å². The largest absolute Gasteiger partial charge is 0.416 e. The molecule has 41 heavy (non-hydrogen) atoms. The van der Waals surface area contributed by atoms with E-state index in [1.165, 1.54) is 39.3 Å². The lowest BCUT2D eigenvalue weighted by molar-refractivity contribution is -0.137. The van der Waals surface area contributed by atoms with Gasteiger partial charge in [0, 0.05) is 20.3 Å². The number of halogens is 3. The number of carbonyl (C=O) groups is 4. The van der Waals surface area contributed by atoms with Crippen molar-refractivity contribution in [3.05, 3.63) is 52.9 Å². The molecule has 1 saturated heterocycles. The molecule has 2 aromatic rings. The zero-order chi connectivity index (χ0) is 30.4. The van der Waals surface area contributed by atoms with Crippen LogP contribution in [-0.4, -0.2) is 86.4 Å². The molecular weight excluding hydrogens is 553 g/mol. The molecule has 1 aliphatic heterocycles. The van der Waals surface area contributed by atoms with Gasteiger partial charge in [-0.2, -0.15) is 13.2 Å². The van der Waals surface area contributed by atoms with Gasteiger partial charge in [-0.05, 0) is 31.9 Å². The van der Waals surface area contributed by atoms with Crippen molar-refractivity contribution in [3.63, 3.8) is 0 Å². The van der Waals surface area contributed by atoms with Gasteiger partial charge in [-0.15, -0.1) is 0 Å². The highest BCUT2D eigenvalue weighted by molar-refractivity contribution is 5.99. The highest BCUT2D eigenvalue weighted by Gasteiger charge is 2.50. The molecule has 3 amide bonds. The van der Waals surface area contributed by atoms with Crippen molar-refractivity contribution in [1.82, 2.24) is 21.1 Å². The zero-order valence-corrected chi connectivity index (χ0v) is 22.8. The molecule has 1 fully saturated rings. The molecule has 224 valence electrons. The molecule has 15 heteroatoms. The van der Waals surface area contributed by atoms with E-state index in [1.807, 2.05) is 0 Å². The van der Waals surface area contributed by atoms with E-state index < -0.39 is 59.0 Å². The number of carbonyl (C=O) groups excluding carboxylic acids is 4. The van der Waals surface area contributed by atoms with Gasteiger partial charge >= 0.3 is 6.18 Å². The predicted molar refractivity (Wildman–Crippen MR) is 135 cm³/mol. The van der Waals surface area contributed by atoms with Crippen molar-refractivity contribution in [2.75, 3.05) is 34.0 Å². The number of methoxy groups -OCH3 is 2. The predicted octanol–water partition coefficient (Wildman–Crippen LogP) is 0.963. The lowest BCUT2D eigenvalue weighted by atomic mass is 9.94. The molecule has 12 nitrogen and oxygen atoms in total. The average molecular weight is 585 g/mol. The number of ketones is 1. The third-order valence-electron chi connectivity index (χ3n) is 6.21. The average Bonchev–Trinajstić information content (AvgIpc) is 3.52. The Labute approximate surface area is 233 Å². The molecule has 3 rings (SSSR count). The Morgan fingerprint density at radius 2 is 1.59 bits per heavy atom. The minimum absolute atomic E-state index is 0.0747. The van der Waals surface area contributed by atoms with Crippen LogP contribution in [0.25, 0.3) is 0 Å². The summed E-state index contributed by atoms with van der Waals surface area (Å²) in [4.78, 5) is 51.9. The Bertz CT molecular complexity index is 1260. The maximum absolute atomic E-state index is 13.3. The van der Waals surface area contributed by atoms with E-state index in [1.54, 1.807) is 6.92 Å². The van der Waals surface area contributed by atoms with E-state index in [-0.39, 0.29) is 37.5 Å². The van der Waals surface area contributed by atoms with Crippen molar-refractivity contribution in [2.45, 2.75) is 50.2 Å². The van der Waals surface area contributed by atoms with Crippen LogP contribution in [0.5, 0.6) is 0 Å². The van der Waals surface area contributed by atoms with Gasteiger partial charge < -0.3 is 34.7 Å². The third kappa shape index (κ3) is 8.58. The van der Waals surface area contributed by atoms with Gasteiger partial charge in [-0.25, -0.2) is 0 Å². The molecule has 3 N–H and O–H groups in total. The first-order chi connectivity index (χ1) is 19.3. The second-order valence-corrected chi connectivity index (χ2v) is 9.67. The number of amides is 3. The molecule has 0 aliphatic carbocycles. The lowest BCUT2D eigenvalue weighted by Gasteiger charge is -2.25. The Morgan fingerprint density at radius 1 is 1.00 bits per heavy atom. The van der Waals surface area contributed by atoms with Crippen LogP contribution in [-0.2, 0) is 41.2 Å². The van der Waals surface area contributed by atoms with E-state index >= 15 is 0 Å². The molecule has 2 heterocycles. The summed E-state index contributed by atoms with van der Waals surface area (Å²) < 4.78 is 59.8. The summed E-state index contributed by atoms with van der Waals surface area (Å²) in [5.74, 6) is -2.55. The van der Waals surface area contributed by atoms with Crippen LogP contribution >= 0.6 is 0 Å². The van der Waals surface area contributed by atoms with Gasteiger partial charge in [0.2, 0.25) is 11.8 Å². The van der Waals surface area contributed by atoms with E-state index in [0.717, 1.165) is 12.1 Å². The van der Waals surface area contributed by atoms with Crippen LogP contribution in [0.4, 0.5) is 13.2 Å². The summed E-state index contributed by atoms with van der Waals surface area (Å²) in [6, 6.07) is 1.89. The minimum Gasteiger partial charge on any atom is -0.382 e. The van der Waals surface area contributed by atoms with Crippen molar-refractivity contribution in [3.8, 4) is 0 Å². The van der Waals surface area contributed by atoms with Crippen LogP contribution in [0, 0.1) is 6.92 Å². The number of benzene rings is 1. The first kappa shape index (κ1) is 31.7. The van der Waals surface area contributed by atoms with Crippen LogP contribution in [0.15, 0.2) is 34.9 Å². The lowest BCUT2D eigenvalue weighted by Crippen LogP contribution is -2.59. The van der Waals surface area contributed by atoms with Crippen molar-refractivity contribution in [1.29, 1.82) is 0 Å². The normalized spacial score (nSPS) is 18.6. The Balaban J connectivity index is 1.75. The first-order valence-electron chi connectivity index (χ1n) is 12.4. The molecule has 3 unspecified atom stereocenters. The standard InChI is InChI=1S/C26H31F3N4O8/c1-14-8-18(33-41-14)22(35)31-20(12-39-4)24(37)32-19(11-38-3)23(36)30-17(21(34)25(2)13-40-25)10-15-6-5-7-16(9-15)26(27,28)29/h5-9,17,19-20H,10-13H2,1-4H3,(H,30,36)(H,31,35)(H,32,37)/t17?,19-,20?,25?/m0/s1. The number of ether oxygens (including phenoxy) is 3. The molecule has 4 atom stereocenters. The minimum atomic E-state index is -4.60. The summed E-state index contributed by atoms with van der Waals surface area (Å²) in [6.45, 7) is 2.58. The van der Waals surface area contributed by atoms with E-state index in [9.17, 15) is 32.3 Å². The quantitative estimate of drug-likeness (QED) is 0.275. The Kier molecular flexibility index (Phi) is 10.2. The molecule has 0 spiro atoms. The topological polar surface area (TPSA) is 161 Å². The molecule has 1 aliphatic rings. The Hall–Kier alpha value is -3.82. The Morgan fingerprint density at radius 3 is 2.10 bits per heavy atom. The highest BCUT2D eigenvalue weighted by Crippen LogP contribution is 2.31. The van der Waals surface area contributed by atoms with Gasteiger partial charge in [-0.1, -0.05) is 23.4 Å². The van der Waals surface area contributed by atoms with Gasteiger partial charge in [0.05, 0.1) is 31.4 Å². The fourth-order valence-electron chi connectivity index (χ4n) is 3.89. The van der Waals surface area contributed by atoms with E-state index in [2.05, 4.69) is 21.1 Å². The van der Waals surface area contributed by atoms with Crippen molar-refractivity contribution in [2.24, 2.45) is 0 Å². The second-order valence-electron chi connectivity index (χ2n) is 9.67. The summed E-state index contributed by atoms with van der Waals surface area (Å²) in [5, 5.41) is 11.0. The van der Waals surface area contributed by atoms with Crippen LogP contribution in [0.1, 0.15) is 34.3 Å². The maximum atomic E-state index is 13.3. The van der Waals surface area contributed by atoms with Gasteiger partial charge in [0.15, 0.2) is 11.5 Å². The number of alkyl halides is 3. The van der Waals surface area contributed by atoms with Crippen LogP contribution in [0.2, 0.25) is 0 Å².